The Bertz CT molecular complexity index is 1230. The number of hydroxylamine groups is 1. The molecule has 0 bridgehead atoms. The Kier molecular flexibility index (Phi) is 7.06. The molecule has 0 unspecified atom stereocenters. The van der Waals surface area contributed by atoms with Crippen LogP contribution in [0, 0.1) is 12.5 Å². The first-order valence-electron chi connectivity index (χ1n) is 12.1. The lowest BCUT2D eigenvalue weighted by atomic mass is 9.57. The van der Waals surface area contributed by atoms with Crippen molar-refractivity contribution in [2.75, 3.05) is 7.05 Å². The lowest BCUT2D eigenvalue weighted by molar-refractivity contribution is -0.119. The molecule has 0 amide bonds. The summed E-state index contributed by atoms with van der Waals surface area (Å²) >= 11 is 0. The highest BCUT2D eigenvalue weighted by molar-refractivity contribution is 6.03. The predicted octanol–water partition coefficient (Wildman–Crippen LogP) is 5.31. The molecule has 0 saturated carbocycles. The van der Waals surface area contributed by atoms with Crippen LogP contribution < -0.4 is 5.48 Å². The normalized spacial score (nSPS) is 22.9. The molecular weight excluding hydrogens is 424 g/mol. The molecule has 0 fully saturated rings. The Labute approximate surface area is 203 Å². The van der Waals surface area contributed by atoms with Gasteiger partial charge in [-0.15, -0.1) is 0 Å². The number of aryl methyl sites for hydroxylation is 1. The Morgan fingerprint density at radius 1 is 1.21 bits per heavy atom. The van der Waals surface area contributed by atoms with Crippen molar-refractivity contribution < 1.29 is 11.4 Å². The molecule has 0 aliphatic heterocycles. The van der Waals surface area contributed by atoms with E-state index in [-0.39, 0.29) is 23.3 Å². The molecule has 6 heteroatoms. The van der Waals surface area contributed by atoms with Gasteiger partial charge in [0.25, 0.3) is 0 Å². The van der Waals surface area contributed by atoms with E-state index in [9.17, 15) is 4.79 Å². The van der Waals surface area contributed by atoms with Crippen LogP contribution in [-0.2, 0) is 23.7 Å². The quantitative estimate of drug-likeness (QED) is 0.403. The minimum absolute atomic E-state index is 0.0543. The first-order valence-corrected chi connectivity index (χ1v) is 11.1. The van der Waals surface area contributed by atoms with Crippen LogP contribution in [0.2, 0.25) is 0 Å². The summed E-state index contributed by atoms with van der Waals surface area (Å²) in [7, 11) is 4.67. The van der Waals surface area contributed by atoms with Crippen molar-refractivity contribution in [3.63, 3.8) is 0 Å². The van der Waals surface area contributed by atoms with Gasteiger partial charge in [-0.2, -0.15) is 5.10 Å². The van der Waals surface area contributed by atoms with Crippen LogP contribution >= 0.6 is 0 Å². The molecule has 2 aliphatic rings. The lowest BCUT2D eigenvalue weighted by Gasteiger charge is -2.45. The van der Waals surface area contributed by atoms with Crippen LogP contribution in [0.25, 0.3) is 16.1 Å². The molecular formula is C28H32N4O2. The fourth-order valence-electron chi connectivity index (χ4n) is 5.49. The van der Waals surface area contributed by atoms with Gasteiger partial charge in [-0.3, -0.25) is 4.68 Å². The highest BCUT2D eigenvalue weighted by atomic mass is 16.5. The monoisotopic (exact) mass is 458 g/mol. The number of hydrogen-bond acceptors (Lipinski definition) is 4. The van der Waals surface area contributed by atoms with Gasteiger partial charge in [-0.05, 0) is 24.3 Å². The molecule has 1 heterocycles. The number of carbonyl (C=O) groups is 1. The van der Waals surface area contributed by atoms with Gasteiger partial charge in [0.1, 0.15) is 0 Å². The SMILES string of the molecule is CNO.[3H]C.[C-]#[N+]C1=C[C@]2(C)c3nn(C)c(-c4ccccc4)c3CC[C@H]2[C@H](c2ccccc2)C1=O. The van der Waals surface area contributed by atoms with Gasteiger partial charge in [-0.25, -0.2) is 10.3 Å². The zero-order chi connectivity index (χ0) is 25.6. The van der Waals surface area contributed by atoms with Gasteiger partial charge in [0, 0.05) is 37.9 Å². The maximum Gasteiger partial charge on any atom is 0.226 e. The highest BCUT2D eigenvalue weighted by Gasteiger charge is 2.51. The van der Waals surface area contributed by atoms with Crippen LogP contribution in [0.4, 0.5) is 0 Å². The summed E-state index contributed by atoms with van der Waals surface area (Å²) in [5.41, 5.74) is 7.07. The number of benzene rings is 2. The summed E-state index contributed by atoms with van der Waals surface area (Å²) in [6.45, 7) is 9.81. The average molecular weight is 459 g/mol. The number of fused-ring (bicyclic) bond motifs is 3. The van der Waals surface area contributed by atoms with Crippen LogP contribution in [0.15, 0.2) is 72.4 Å². The Hall–Kier alpha value is -3.53. The van der Waals surface area contributed by atoms with E-state index in [1.165, 1.54) is 20.0 Å². The second-order valence-electron chi connectivity index (χ2n) is 8.71. The smallest absolute Gasteiger partial charge is 0.226 e. The molecule has 176 valence electrons. The van der Waals surface area contributed by atoms with Crippen molar-refractivity contribution in [1.29, 1.82) is 0 Å². The third-order valence-corrected chi connectivity index (χ3v) is 6.83. The molecule has 2 aliphatic carbocycles. The van der Waals surface area contributed by atoms with Gasteiger partial charge < -0.3 is 10.0 Å². The van der Waals surface area contributed by atoms with E-state index < -0.39 is 5.41 Å². The number of nitrogens with zero attached hydrogens (tertiary/aromatic N) is 3. The number of nitrogens with one attached hydrogen (secondary N) is 1. The number of rotatable bonds is 2. The van der Waals surface area contributed by atoms with Crippen LogP contribution in [0.3, 0.4) is 0 Å². The molecule has 0 spiro atoms. The zero-order valence-electron chi connectivity index (χ0n) is 21.1. The minimum Gasteiger partial charge on any atom is -0.317 e. The first kappa shape index (κ1) is 23.6. The van der Waals surface area contributed by atoms with E-state index in [2.05, 4.69) is 23.9 Å². The number of carbonyl (C=O) groups excluding carboxylic acids is 1. The second kappa shape index (κ2) is 10.2. The number of ketones is 1. The maximum atomic E-state index is 13.3. The number of hydrogen-bond donors (Lipinski definition) is 2. The van der Waals surface area contributed by atoms with Crippen molar-refractivity contribution >= 4 is 5.78 Å². The molecule has 1 aromatic heterocycles. The Morgan fingerprint density at radius 2 is 1.79 bits per heavy atom. The standard InChI is InChI=1S/C26H23N3O.CH5NO.CH4/c1-26-16-21(27-2)24(30)22(17-10-6-4-7-11-17)20(26)15-14-19-23(29(3)28-25(19)26)18-12-8-5-9-13-18;1-2-3;/h4-13,16,20,22H,14-15H2,1,3H3;2-3H,1H3;1H4/t20-,22-,26-;;/m0../s1/i;;1T. The van der Waals surface area contributed by atoms with Crippen LogP contribution in [-0.4, -0.2) is 27.8 Å². The van der Waals surface area contributed by atoms with Crippen molar-refractivity contribution in [1.82, 2.24) is 15.3 Å². The van der Waals surface area contributed by atoms with Crippen molar-refractivity contribution in [2.45, 2.75) is 38.5 Å². The fourth-order valence-corrected chi connectivity index (χ4v) is 5.49. The molecule has 2 N–H and O–H groups in total. The van der Waals surface area contributed by atoms with Crippen molar-refractivity contribution in [3.8, 4) is 11.3 Å². The number of aromatic nitrogens is 2. The summed E-state index contributed by atoms with van der Waals surface area (Å²) in [6, 6.07) is 20.3. The third kappa shape index (κ3) is 4.09. The molecule has 2 aromatic carbocycles. The summed E-state index contributed by atoms with van der Waals surface area (Å²) in [5, 5.41) is 12.3. The molecule has 5 rings (SSSR count). The van der Waals surface area contributed by atoms with E-state index >= 15 is 0 Å². The predicted molar refractivity (Wildman–Crippen MR) is 134 cm³/mol. The molecule has 34 heavy (non-hydrogen) atoms. The van der Waals surface area contributed by atoms with Crippen LogP contribution in [0.1, 0.15) is 44.9 Å². The summed E-state index contributed by atoms with van der Waals surface area (Å²) < 4.78 is 7.72. The molecule has 3 atom stereocenters. The lowest BCUT2D eigenvalue weighted by Crippen LogP contribution is -2.45. The minimum atomic E-state index is -0.452. The fraction of sp³-hybridized carbons (Fsp3) is 0.321. The zero-order valence-corrected chi connectivity index (χ0v) is 20.1. The van der Waals surface area contributed by atoms with E-state index in [0.29, 0.717) is 0 Å². The topological polar surface area (TPSA) is 71.5 Å². The number of allylic oxidation sites excluding steroid dienone is 2. The molecule has 6 nitrogen and oxygen atoms in total. The van der Waals surface area contributed by atoms with Gasteiger partial charge in [0.15, 0.2) is 5.78 Å². The van der Waals surface area contributed by atoms with Gasteiger partial charge in [-0.1, -0.05) is 81.1 Å². The van der Waals surface area contributed by atoms with Gasteiger partial charge >= 0.3 is 0 Å². The van der Waals surface area contributed by atoms with E-state index in [4.69, 9.17) is 18.2 Å². The molecule has 0 saturated heterocycles. The van der Waals surface area contributed by atoms with Crippen molar-refractivity contribution in [2.24, 2.45) is 13.0 Å². The Balaban J connectivity index is 0.000000638. The van der Waals surface area contributed by atoms with E-state index in [0.717, 1.165) is 35.4 Å². The first-order chi connectivity index (χ1) is 17.0. The second-order valence-corrected chi connectivity index (χ2v) is 8.71. The van der Waals surface area contributed by atoms with E-state index in [1.807, 2.05) is 66.3 Å². The number of Topliss-reactive ketones (excluding diaryl/α,β-unsaturated/α-hetero) is 1. The summed E-state index contributed by atoms with van der Waals surface area (Å²) in [6.07, 6.45) is 3.67. The average Bonchev–Trinajstić information content (AvgIpc) is 3.24. The van der Waals surface area contributed by atoms with Crippen LogP contribution in [0.5, 0.6) is 0 Å². The third-order valence-electron chi connectivity index (χ3n) is 6.83. The maximum absolute atomic E-state index is 13.3. The summed E-state index contributed by atoms with van der Waals surface area (Å²) in [4.78, 5) is 16.9. The molecule has 0 radical (unpaired) electrons. The van der Waals surface area contributed by atoms with Crippen molar-refractivity contribution in [3.05, 3.63) is 101 Å². The van der Waals surface area contributed by atoms with Gasteiger partial charge in [0.05, 0.1) is 18.0 Å². The Morgan fingerprint density at radius 3 is 2.38 bits per heavy atom. The van der Waals surface area contributed by atoms with Gasteiger partial charge in [0.2, 0.25) is 5.70 Å². The largest absolute Gasteiger partial charge is 0.317 e. The van der Waals surface area contributed by atoms with E-state index in [1.54, 1.807) is 5.48 Å². The highest BCUT2D eigenvalue weighted by Crippen LogP contribution is 2.53. The molecule has 3 aromatic rings. The summed E-state index contributed by atoms with van der Waals surface area (Å²) in [5.74, 6) is -0.272.